The van der Waals surface area contributed by atoms with Gasteiger partial charge in [0.05, 0.1) is 19.9 Å². The first-order chi connectivity index (χ1) is 11.2. The summed E-state index contributed by atoms with van der Waals surface area (Å²) in [7, 11) is 0. The van der Waals surface area contributed by atoms with E-state index < -0.39 is 0 Å². The maximum atomic E-state index is 12.1. The lowest BCUT2D eigenvalue weighted by Gasteiger charge is -2.13. The van der Waals surface area contributed by atoms with Gasteiger partial charge in [0.1, 0.15) is 5.75 Å². The van der Waals surface area contributed by atoms with E-state index in [1.165, 1.54) is 12.8 Å². The van der Waals surface area contributed by atoms with Gasteiger partial charge in [-0.15, -0.1) is 22.7 Å². The van der Waals surface area contributed by atoms with Gasteiger partial charge < -0.3 is 10.1 Å². The molecule has 0 spiro atoms. The van der Waals surface area contributed by atoms with Crippen molar-refractivity contribution in [1.29, 1.82) is 0 Å². The molecule has 6 heteroatoms. The average molecular weight is 346 g/mol. The molecule has 1 saturated carbocycles. The fraction of sp³-hybridized carbons (Fsp3) is 0.412. The molecule has 1 aliphatic carbocycles. The third kappa shape index (κ3) is 2.93. The van der Waals surface area contributed by atoms with Crippen LogP contribution in [0.25, 0.3) is 20.3 Å². The van der Waals surface area contributed by atoms with Crippen molar-refractivity contribution in [3.8, 4) is 5.75 Å². The molecule has 1 amide bonds. The maximum Gasteiger partial charge on any atom is 0.258 e. The Labute approximate surface area is 142 Å². The number of fused-ring (bicyclic) bond motifs is 3. The highest BCUT2D eigenvalue weighted by Gasteiger charge is 2.18. The minimum atomic E-state index is -0.0270. The Bertz CT molecular complexity index is 862. The SMILES string of the molecule is Cc1nc2c(cc(OCC(=O)NC3CCCC3)c3ccsc32)s1. The van der Waals surface area contributed by atoms with Gasteiger partial charge in [0.25, 0.3) is 5.91 Å². The number of thiophene rings is 1. The number of hydrogen-bond acceptors (Lipinski definition) is 5. The van der Waals surface area contributed by atoms with E-state index in [9.17, 15) is 4.79 Å². The topological polar surface area (TPSA) is 51.2 Å². The molecule has 1 N–H and O–H groups in total. The van der Waals surface area contributed by atoms with Crippen molar-refractivity contribution in [3.63, 3.8) is 0 Å². The summed E-state index contributed by atoms with van der Waals surface area (Å²) in [5.74, 6) is 0.750. The molecule has 0 radical (unpaired) electrons. The van der Waals surface area contributed by atoms with Crippen molar-refractivity contribution in [3.05, 3.63) is 22.5 Å². The number of hydrogen-bond donors (Lipinski definition) is 1. The molecule has 0 atom stereocenters. The van der Waals surface area contributed by atoms with Crippen LogP contribution >= 0.6 is 22.7 Å². The second kappa shape index (κ2) is 6.09. The summed E-state index contributed by atoms with van der Waals surface area (Å²) in [5, 5.41) is 7.20. The lowest BCUT2D eigenvalue weighted by atomic mass is 10.2. The summed E-state index contributed by atoms with van der Waals surface area (Å²) >= 11 is 3.33. The monoisotopic (exact) mass is 346 g/mol. The molecule has 2 heterocycles. The highest BCUT2D eigenvalue weighted by Crippen LogP contribution is 2.38. The van der Waals surface area contributed by atoms with E-state index in [0.717, 1.165) is 43.9 Å². The van der Waals surface area contributed by atoms with Crippen molar-refractivity contribution in [2.45, 2.75) is 38.6 Å². The molecule has 120 valence electrons. The smallest absolute Gasteiger partial charge is 0.258 e. The molecule has 1 aliphatic rings. The normalized spacial score (nSPS) is 15.5. The molecule has 0 unspecified atom stereocenters. The van der Waals surface area contributed by atoms with Gasteiger partial charge in [-0.2, -0.15) is 0 Å². The summed E-state index contributed by atoms with van der Waals surface area (Å²) in [6.45, 7) is 2.09. The fourth-order valence-electron chi connectivity index (χ4n) is 3.19. The summed E-state index contributed by atoms with van der Waals surface area (Å²) in [6.07, 6.45) is 4.60. The molecular weight excluding hydrogens is 328 g/mol. The second-order valence-electron chi connectivity index (χ2n) is 5.96. The molecule has 0 aliphatic heterocycles. The number of rotatable bonds is 4. The molecular formula is C17H18N2O2S2. The lowest BCUT2D eigenvalue weighted by Crippen LogP contribution is -2.36. The van der Waals surface area contributed by atoms with Crippen molar-refractivity contribution in [1.82, 2.24) is 10.3 Å². The Morgan fingerprint density at radius 3 is 3.09 bits per heavy atom. The Morgan fingerprint density at radius 2 is 2.26 bits per heavy atom. The Kier molecular flexibility index (Phi) is 3.95. The first-order valence-corrected chi connectivity index (χ1v) is 9.60. The lowest BCUT2D eigenvalue weighted by molar-refractivity contribution is -0.123. The van der Waals surface area contributed by atoms with Crippen molar-refractivity contribution in [2.75, 3.05) is 6.61 Å². The first kappa shape index (κ1) is 14.9. The quantitative estimate of drug-likeness (QED) is 0.768. The van der Waals surface area contributed by atoms with Crippen LogP contribution in [-0.4, -0.2) is 23.5 Å². The number of nitrogens with one attached hydrogen (secondary N) is 1. The van der Waals surface area contributed by atoms with Crippen LogP contribution in [0, 0.1) is 6.92 Å². The van der Waals surface area contributed by atoms with Crippen LogP contribution in [0.3, 0.4) is 0 Å². The highest BCUT2D eigenvalue weighted by molar-refractivity contribution is 7.21. The number of carbonyl (C=O) groups excluding carboxylic acids is 1. The van der Waals surface area contributed by atoms with Gasteiger partial charge in [0, 0.05) is 17.5 Å². The van der Waals surface area contributed by atoms with Crippen LogP contribution < -0.4 is 10.1 Å². The largest absolute Gasteiger partial charge is 0.483 e. The molecule has 3 aromatic rings. The summed E-state index contributed by atoms with van der Waals surface area (Å²) in [5.41, 5.74) is 1.04. The highest BCUT2D eigenvalue weighted by atomic mass is 32.1. The van der Waals surface area contributed by atoms with Crippen LogP contribution in [0.2, 0.25) is 0 Å². The van der Waals surface area contributed by atoms with E-state index in [2.05, 4.69) is 10.3 Å². The van der Waals surface area contributed by atoms with Gasteiger partial charge in [0.15, 0.2) is 6.61 Å². The van der Waals surface area contributed by atoms with E-state index in [0.29, 0.717) is 6.04 Å². The summed E-state index contributed by atoms with van der Waals surface area (Å²) in [4.78, 5) is 16.7. The maximum absolute atomic E-state index is 12.1. The molecule has 4 rings (SSSR count). The third-order valence-electron chi connectivity index (χ3n) is 4.25. The first-order valence-electron chi connectivity index (χ1n) is 7.90. The van der Waals surface area contributed by atoms with Gasteiger partial charge in [-0.3, -0.25) is 4.79 Å². The molecule has 1 aromatic carbocycles. The zero-order valence-electron chi connectivity index (χ0n) is 12.9. The van der Waals surface area contributed by atoms with E-state index in [1.54, 1.807) is 22.7 Å². The summed E-state index contributed by atoms with van der Waals surface area (Å²) in [6, 6.07) is 4.38. The van der Waals surface area contributed by atoms with E-state index in [1.807, 2.05) is 24.4 Å². The number of aromatic nitrogens is 1. The Morgan fingerprint density at radius 1 is 1.43 bits per heavy atom. The number of amides is 1. The number of aryl methyl sites for hydroxylation is 1. The predicted octanol–water partition coefficient (Wildman–Crippen LogP) is 4.26. The molecule has 0 saturated heterocycles. The molecule has 1 fully saturated rings. The van der Waals surface area contributed by atoms with Crippen LogP contribution in [0.15, 0.2) is 17.5 Å². The van der Waals surface area contributed by atoms with Gasteiger partial charge in [0.2, 0.25) is 0 Å². The van der Waals surface area contributed by atoms with Crippen molar-refractivity contribution in [2.24, 2.45) is 0 Å². The van der Waals surface area contributed by atoms with Gasteiger partial charge >= 0.3 is 0 Å². The second-order valence-corrected chi connectivity index (χ2v) is 8.11. The number of carbonyl (C=O) groups is 1. The molecule has 23 heavy (non-hydrogen) atoms. The molecule has 4 nitrogen and oxygen atoms in total. The molecule has 0 bridgehead atoms. The van der Waals surface area contributed by atoms with Gasteiger partial charge in [-0.1, -0.05) is 12.8 Å². The van der Waals surface area contributed by atoms with Crippen LogP contribution in [0.4, 0.5) is 0 Å². The van der Waals surface area contributed by atoms with Crippen LogP contribution in [0.5, 0.6) is 5.75 Å². The third-order valence-corrected chi connectivity index (χ3v) is 6.09. The standard InChI is InChI=1S/C17H18N2O2S2/c1-10-18-16-14(23-10)8-13(12-6-7-22-17(12)16)21-9-15(20)19-11-4-2-3-5-11/h6-8,11H,2-5,9H2,1H3,(H,19,20). The number of thiazole rings is 1. The Hall–Kier alpha value is -1.66. The van der Waals surface area contributed by atoms with E-state index in [4.69, 9.17) is 4.74 Å². The van der Waals surface area contributed by atoms with Crippen LogP contribution in [-0.2, 0) is 4.79 Å². The van der Waals surface area contributed by atoms with Crippen molar-refractivity contribution < 1.29 is 9.53 Å². The van der Waals surface area contributed by atoms with E-state index >= 15 is 0 Å². The number of nitrogens with zero attached hydrogens (tertiary/aromatic N) is 1. The zero-order valence-corrected chi connectivity index (χ0v) is 14.6. The average Bonchev–Trinajstić information content (AvgIpc) is 3.23. The van der Waals surface area contributed by atoms with E-state index in [-0.39, 0.29) is 12.5 Å². The number of benzene rings is 1. The Balaban J connectivity index is 1.55. The zero-order chi connectivity index (χ0) is 15.8. The van der Waals surface area contributed by atoms with Crippen molar-refractivity contribution >= 4 is 48.9 Å². The van der Waals surface area contributed by atoms with Gasteiger partial charge in [-0.05, 0) is 31.2 Å². The predicted molar refractivity (Wildman–Crippen MR) is 95.6 cm³/mol. The number of ether oxygens (including phenoxy) is 1. The minimum Gasteiger partial charge on any atom is -0.483 e. The minimum absolute atomic E-state index is 0.0270. The van der Waals surface area contributed by atoms with Gasteiger partial charge in [-0.25, -0.2) is 4.98 Å². The van der Waals surface area contributed by atoms with Crippen LogP contribution in [0.1, 0.15) is 30.7 Å². The fourth-order valence-corrected chi connectivity index (χ4v) is 5.02. The molecule has 2 aromatic heterocycles. The summed E-state index contributed by atoms with van der Waals surface area (Å²) < 4.78 is 8.09.